The molecule has 1 aromatic heterocycles. The van der Waals surface area contributed by atoms with Crippen molar-refractivity contribution < 1.29 is 10.2 Å². The topological polar surface area (TPSA) is 65.4 Å². The maximum absolute atomic E-state index is 10.0. The maximum Gasteiger partial charge on any atom is 0.141 e. The molecule has 0 spiro atoms. The van der Waals surface area contributed by atoms with Crippen LogP contribution in [0.15, 0.2) is 6.20 Å². The third kappa shape index (κ3) is 2.82. The molecule has 4 heteroatoms. The van der Waals surface area contributed by atoms with Crippen molar-refractivity contribution in [3.05, 3.63) is 23.0 Å². The summed E-state index contributed by atoms with van der Waals surface area (Å²) in [6.07, 6.45) is 5.30. The van der Waals surface area contributed by atoms with Crippen LogP contribution in [0.3, 0.4) is 0 Å². The molecule has 18 heavy (non-hydrogen) atoms. The number of nitrogens with zero attached hydrogens (tertiary/aromatic N) is 1. The van der Waals surface area contributed by atoms with Crippen molar-refractivity contribution in [2.24, 2.45) is 5.92 Å². The average molecular weight is 250 g/mol. The minimum absolute atomic E-state index is 0.0844. The molecule has 1 aliphatic rings. The molecule has 3 N–H and O–H groups in total. The van der Waals surface area contributed by atoms with Crippen LogP contribution < -0.4 is 5.32 Å². The number of aromatic hydroxyl groups is 1. The van der Waals surface area contributed by atoms with E-state index in [1.165, 1.54) is 19.3 Å². The molecule has 0 aromatic carbocycles. The first kappa shape index (κ1) is 13.3. The Morgan fingerprint density at radius 3 is 2.83 bits per heavy atom. The van der Waals surface area contributed by atoms with E-state index in [0.717, 1.165) is 11.5 Å². The summed E-state index contributed by atoms with van der Waals surface area (Å²) in [5.74, 6) is 0.993. The summed E-state index contributed by atoms with van der Waals surface area (Å²) in [7, 11) is 0. The molecular weight excluding hydrogens is 228 g/mol. The number of hydrogen-bond donors (Lipinski definition) is 3. The van der Waals surface area contributed by atoms with Gasteiger partial charge in [0.15, 0.2) is 0 Å². The standard InChI is InChI=1S/C14H22N2O2/c1-9-3-4-12(5-9)16-7-13-11(8-17)6-15-10(2)14(13)18/h6,9,12,16-18H,3-5,7-8H2,1-2H3. The predicted octanol–water partition coefficient (Wildman–Crippen LogP) is 1.87. The number of aryl methyl sites for hydroxylation is 1. The SMILES string of the molecule is Cc1ncc(CO)c(CNC2CCC(C)C2)c1O. The molecule has 100 valence electrons. The van der Waals surface area contributed by atoms with Gasteiger partial charge in [0.2, 0.25) is 0 Å². The van der Waals surface area contributed by atoms with Crippen LogP contribution in [0.25, 0.3) is 0 Å². The van der Waals surface area contributed by atoms with Gasteiger partial charge in [0.05, 0.1) is 12.3 Å². The summed E-state index contributed by atoms with van der Waals surface area (Å²) < 4.78 is 0. The molecule has 1 aliphatic carbocycles. The summed E-state index contributed by atoms with van der Waals surface area (Å²) in [5, 5.41) is 22.8. The molecule has 1 fully saturated rings. The molecule has 0 bridgehead atoms. The highest BCUT2D eigenvalue weighted by molar-refractivity contribution is 5.40. The Balaban J connectivity index is 2.06. The molecule has 2 unspecified atom stereocenters. The normalized spacial score (nSPS) is 23.5. The second kappa shape index (κ2) is 5.67. The van der Waals surface area contributed by atoms with Gasteiger partial charge in [-0.2, -0.15) is 0 Å². The van der Waals surface area contributed by atoms with E-state index in [0.29, 0.717) is 23.8 Å². The van der Waals surface area contributed by atoms with E-state index >= 15 is 0 Å². The predicted molar refractivity (Wildman–Crippen MR) is 70.2 cm³/mol. The van der Waals surface area contributed by atoms with Gasteiger partial charge in [0.25, 0.3) is 0 Å². The second-order valence-corrected chi connectivity index (χ2v) is 5.35. The number of hydrogen-bond acceptors (Lipinski definition) is 4. The van der Waals surface area contributed by atoms with Crippen LogP contribution in [-0.4, -0.2) is 21.2 Å². The summed E-state index contributed by atoms with van der Waals surface area (Å²) >= 11 is 0. The molecule has 2 atom stereocenters. The highest BCUT2D eigenvalue weighted by atomic mass is 16.3. The van der Waals surface area contributed by atoms with Gasteiger partial charge >= 0.3 is 0 Å². The Morgan fingerprint density at radius 1 is 1.44 bits per heavy atom. The molecule has 1 heterocycles. The zero-order valence-electron chi connectivity index (χ0n) is 11.1. The lowest BCUT2D eigenvalue weighted by molar-refractivity contribution is 0.278. The minimum atomic E-state index is -0.0844. The first-order chi connectivity index (χ1) is 8.61. The maximum atomic E-state index is 10.0. The molecule has 1 saturated carbocycles. The molecule has 0 amide bonds. The van der Waals surface area contributed by atoms with E-state index in [1.54, 1.807) is 13.1 Å². The van der Waals surface area contributed by atoms with Crippen molar-refractivity contribution in [3.63, 3.8) is 0 Å². The van der Waals surface area contributed by atoms with E-state index in [1.807, 2.05) is 0 Å². The van der Waals surface area contributed by atoms with Crippen LogP contribution in [0, 0.1) is 12.8 Å². The zero-order valence-corrected chi connectivity index (χ0v) is 11.1. The monoisotopic (exact) mass is 250 g/mol. The lowest BCUT2D eigenvalue weighted by atomic mass is 10.1. The Kier molecular flexibility index (Phi) is 4.19. The molecule has 0 aliphatic heterocycles. The van der Waals surface area contributed by atoms with Crippen molar-refractivity contribution in [1.82, 2.24) is 10.3 Å². The molecule has 0 radical (unpaired) electrons. The molecule has 4 nitrogen and oxygen atoms in total. The number of aliphatic hydroxyl groups excluding tert-OH is 1. The molecular formula is C14H22N2O2. The summed E-state index contributed by atoms with van der Waals surface area (Å²) in [4.78, 5) is 4.06. The lowest BCUT2D eigenvalue weighted by Crippen LogP contribution is -2.26. The van der Waals surface area contributed by atoms with Crippen LogP contribution in [0.4, 0.5) is 0 Å². The van der Waals surface area contributed by atoms with Crippen molar-refractivity contribution in [1.29, 1.82) is 0 Å². The van der Waals surface area contributed by atoms with E-state index < -0.39 is 0 Å². The van der Waals surface area contributed by atoms with E-state index in [-0.39, 0.29) is 12.4 Å². The Hall–Kier alpha value is -1.13. The van der Waals surface area contributed by atoms with Gasteiger partial charge < -0.3 is 15.5 Å². The fraction of sp³-hybridized carbons (Fsp3) is 0.643. The average Bonchev–Trinajstić information content (AvgIpc) is 2.77. The van der Waals surface area contributed by atoms with E-state index in [4.69, 9.17) is 0 Å². The Morgan fingerprint density at radius 2 is 2.22 bits per heavy atom. The molecule has 2 rings (SSSR count). The fourth-order valence-electron chi connectivity index (χ4n) is 2.66. The van der Waals surface area contributed by atoms with Gasteiger partial charge in [-0.05, 0) is 32.1 Å². The first-order valence-electron chi connectivity index (χ1n) is 6.62. The van der Waals surface area contributed by atoms with Crippen LogP contribution in [0.2, 0.25) is 0 Å². The lowest BCUT2D eigenvalue weighted by Gasteiger charge is -2.16. The van der Waals surface area contributed by atoms with Gasteiger partial charge in [-0.3, -0.25) is 4.98 Å². The van der Waals surface area contributed by atoms with Crippen LogP contribution in [0.1, 0.15) is 43.0 Å². The van der Waals surface area contributed by atoms with Crippen molar-refractivity contribution in [2.75, 3.05) is 0 Å². The van der Waals surface area contributed by atoms with Gasteiger partial charge in [-0.1, -0.05) is 6.92 Å². The van der Waals surface area contributed by atoms with Gasteiger partial charge in [0.1, 0.15) is 5.75 Å². The fourth-order valence-corrected chi connectivity index (χ4v) is 2.66. The quantitative estimate of drug-likeness (QED) is 0.763. The zero-order chi connectivity index (χ0) is 13.1. The van der Waals surface area contributed by atoms with Crippen LogP contribution in [0.5, 0.6) is 5.75 Å². The number of rotatable bonds is 4. The van der Waals surface area contributed by atoms with Gasteiger partial charge in [-0.15, -0.1) is 0 Å². The first-order valence-corrected chi connectivity index (χ1v) is 6.62. The third-order valence-electron chi connectivity index (χ3n) is 3.86. The summed E-state index contributed by atoms with van der Waals surface area (Å²) in [6.45, 7) is 4.56. The largest absolute Gasteiger partial charge is 0.506 e. The number of aliphatic hydroxyl groups is 1. The van der Waals surface area contributed by atoms with Crippen LogP contribution >= 0.6 is 0 Å². The smallest absolute Gasteiger partial charge is 0.141 e. The highest BCUT2D eigenvalue weighted by Gasteiger charge is 2.21. The van der Waals surface area contributed by atoms with Gasteiger partial charge in [0, 0.05) is 29.9 Å². The Bertz CT molecular complexity index is 421. The van der Waals surface area contributed by atoms with E-state index in [2.05, 4.69) is 17.2 Å². The van der Waals surface area contributed by atoms with E-state index in [9.17, 15) is 10.2 Å². The minimum Gasteiger partial charge on any atom is -0.506 e. The number of pyridine rings is 1. The van der Waals surface area contributed by atoms with Crippen LogP contribution in [-0.2, 0) is 13.2 Å². The number of aromatic nitrogens is 1. The van der Waals surface area contributed by atoms with Crippen molar-refractivity contribution in [2.45, 2.75) is 52.3 Å². The summed E-state index contributed by atoms with van der Waals surface area (Å²) in [5.41, 5.74) is 2.10. The van der Waals surface area contributed by atoms with Gasteiger partial charge in [-0.25, -0.2) is 0 Å². The Labute approximate surface area is 108 Å². The highest BCUT2D eigenvalue weighted by Crippen LogP contribution is 2.27. The third-order valence-corrected chi connectivity index (χ3v) is 3.86. The molecule has 1 aromatic rings. The molecule has 0 saturated heterocycles. The number of nitrogens with one attached hydrogen (secondary N) is 1. The van der Waals surface area contributed by atoms with Crippen molar-refractivity contribution >= 4 is 0 Å². The second-order valence-electron chi connectivity index (χ2n) is 5.35. The summed E-state index contributed by atoms with van der Waals surface area (Å²) in [6, 6.07) is 0.527. The van der Waals surface area contributed by atoms with Crippen molar-refractivity contribution in [3.8, 4) is 5.75 Å².